The average Bonchev–Trinajstić information content (AvgIpc) is 3.34. The predicted octanol–water partition coefficient (Wildman–Crippen LogP) is 16.6. The summed E-state index contributed by atoms with van der Waals surface area (Å²) in [6.07, 6.45) is 0. The van der Waals surface area contributed by atoms with Gasteiger partial charge < -0.3 is 14.7 Å². The third-order valence-electron chi connectivity index (χ3n) is 11.2. The minimum Gasteiger partial charge on any atom is -0.311 e. The number of nitrogens with zero attached hydrogens (tertiary/aromatic N) is 3. The molecule has 0 aliphatic rings. The van der Waals surface area contributed by atoms with Crippen molar-refractivity contribution in [3.8, 4) is 22.3 Å². The molecule has 0 aliphatic carbocycles. The molecule has 3 nitrogen and oxygen atoms in total. The van der Waals surface area contributed by atoms with Crippen LogP contribution in [-0.2, 0) is 0 Å². The van der Waals surface area contributed by atoms with Crippen LogP contribution >= 0.6 is 0 Å². The van der Waals surface area contributed by atoms with Crippen LogP contribution in [0.3, 0.4) is 0 Å². The molecule has 3 heteroatoms. The van der Waals surface area contributed by atoms with Crippen molar-refractivity contribution in [2.75, 3.05) is 14.7 Å². The van der Waals surface area contributed by atoms with Crippen LogP contribution in [0.2, 0.25) is 0 Å². The molecule has 0 heterocycles. The number of rotatable bonds is 11. The molecule has 0 amide bonds. The van der Waals surface area contributed by atoms with Crippen molar-refractivity contribution in [2.24, 2.45) is 0 Å². The Bertz CT molecular complexity index is 2760. The van der Waals surface area contributed by atoms with Gasteiger partial charge in [0.1, 0.15) is 0 Å². The van der Waals surface area contributed by atoms with Crippen molar-refractivity contribution in [3.63, 3.8) is 0 Å². The Morgan fingerprint density at radius 2 is 0.508 bits per heavy atom. The first-order chi connectivity index (χ1) is 30.3. The van der Waals surface area contributed by atoms with E-state index in [1.807, 2.05) is 0 Å². The fourth-order valence-corrected chi connectivity index (χ4v) is 8.33. The van der Waals surface area contributed by atoms with Crippen LogP contribution < -0.4 is 14.7 Å². The normalized spacial score (nSPS) is 11.0. The first-order valence-corrected chi connectivity index (χ1v) is 20.8. The lowest BCUT2D eigenvalue weighted by atomic mass is 9.98. The van der Waals surface area contributed by atoms with Gasteiger partial charge in [0.15, 0.2) is 0 Å². The highest BCUT2D eigenvalue weighted by molar-refractivity contribution is 5.97. The Morgan fingerprint density at radius 1 is 0.197 bits per heavy atom. The van der Waals surface area contributed by atoms with Gasteiger partial charge in [-0.3, -0.25) is 0 Å². The van der Waals surface area contributed by atoms with Gasteiger partial charge >= 0.3 is 0 Å². The lowest BCUT2D eigenvalue weighted by molar-refractivity contribution is 1.27. The molecule has 290 valence electrons. The molecule has 0 radical (unpaired) electrons. The van der Waals surface area contributed by atoms with E-state index in [-0.39, 0.29) is 0 Å². The number of fused-ring (bicyclic) bond motifs is 1. The summed E-state index contributed by atoms with van der Waals surface area (Å²) >= 11 is 0. The highest BCUT2D eigenvalue weighted by Gasteiger charge is 2.22. The molecule has 0 saturated carbocycles. The monoisotopic (exact) mass is 781 g/mol. The van der Waals surface area contributed by atoms with E-state index in [0.29, 0.717) is 0 Å². The van der Waals surface area contributed by atoms with Crippen molar-refractivity contribution in [3.05, 3.63) is 261 Å². The van der Waals surface area contributed by atoms with Gasteiger partial charge in [-0.1, -0.05) is 164 Å². The lowest BCUT2D eigenvalue weighted by Gasteiger charge is -2.30. The SMILES string of the molecule is c1ccc(N(c2ccccc2)c2ccc(-c3ccccc3N(c3ccc4ccccc4c3)c3ccccc3-c3ccc(N(c4ccccc4)c4ccccc4)cc3)cc2)cc1. The van der Waals surface area contributed by atoms with E-state index in [0.717, 1.165) is 73.4 Å². The maximum Gasteiger partial charge on any atom is 0.0540 e. The summed E-state index contributed by atoms with van der Waals surface area (Å²) in [7, 11) is 0. The summed E-state index contributed by atoms with van der Waals surface area (Å²) in [5, 5.41) is 2.40. The van der Waals surface area contributed by atoms with E-state index in [2.05, 4.69) is 276 Å². The van der Waals surface area contributed by atoms with Gasteiger partial charge in [-0.15, -0.1) is 0 Å². The summed E-state index contributed by atoms with van der Waals surface area (Å²) < 4.78 is 0. The quantitative estimate of drug-likeness (QED) is 0.129. The van der Waals surface area contributed by atoms with E-state index in [1.165, 1.54) is 10.8 Å². The highest BCUT2D eigenvalue weighted by atomic mass is 15.2. The Morgan fingerprint density at radius 3 is 0.918 bits per heavy atom. The fourth-order valence-electron chi connectivity index (χ4n) is 8.33. The molecule has 0 fully saturated rings. The van der Waals surface area contributed by atoms with Crippen molar-refractivity contribution in [1.82, 2.24) is 0 Å². The van der Waals surface area contributed by atoms with Crippen molar-refractivity contribution in [1.29, 1.82) is 0 Å². The van der Waals surface area contributed by atoms with Crippen LogP contribution in [-0.4, -0.2) is 0 Å². The molecule has 0 aromatic heterocycles. The van der Waals surface area contributed by atoms with Crippen molar-refractivity contribution in [2.45, 2.75) is 0 Å². The second-order valence-electron chi connectivity index (χ2n) is 15.0. The zero-order valence-electron chi connectivity index (χ0n) is 33.7. The van der Waals surface area contributed by atoms with Gasteiger partial charge in [-0.25, -0.2) is 0 Å². The Hall–Kier alpha value is -8.14. The topological polar surface area (TPSA) is 9.72 Å². The van der Waals surface area contributed by atoms with Gasteiger partial charge in [0, 0.05) is 50.9 Å². The van der Waals surface area contributed by atoms with E-state index < -0.39 is 0 Å². The summed E-state index contributed by atoms with van der Waals surface area (Å²) in [5.74, 6) is 0. The number of hydrogen-bond acceptors (Lipinski definition) is 3. The molecular formula is C58H43N3. The Labute approximate surface area is 358 Å². The number of hydrogen-bond donors (Lipinski definition) is 0. The van der Waals surface area contributed by atoms with Crippen LogP contribution in [0, 0.1) is 0 Å². The van der Waals surface area contributed by atoms with Crippen LogP contribution in [0.5, 0.6) is 0 Å². The van der Waals surface area contributed by atoms with Gasteiger partial charge in [-0.2, -0.15) is 0 Å². The minimum atomic E-state index is 1.09. The Balaban J connectivity index is 1.08. The third-order valence-corrected chi connectivity index (χ3v) is 11.2. The summed E-state index contributed by atoms with van der Waals surface area (Å²) in [5.41, 5.74) is 14.5. The van der Waals surface area contributed by atoms with E-state index in [9.17, 15) is 0 Å². The summed E-state index contributed by atoms with van der Waals surface area (Å²) in [6.45, 7) is 0. The van der Waals surface area contributed by atoms with Gasteiger partial charge in [0.2, 0.25) is 0 Å². The second kappa shape index (κ2) is 17.0. The molecule has 0 saturated heterocycles. The van der Waals surface area contributed by atoms with Crippen molar-refractivity contribution >= 4 is 62.0 Å². The van der Waals surface area contributed by atoms with Gasteiger partial charge in [-0.05, 0) is 119 Å². The molecule has 61 heavy (non-hydrogen) atoms. The first-order valence-electron chi connectivity index (χ1n) is 20.8. The molecule has 10 aromatic carbocycles. The second-order valence-corrected chi connectivity index (χ2v) is 15.0. The molecular weight excluding hydrogens is 739 g/mol. The smallest absolute Gasteiger partial charge is 0.0540 e. The van der Waals surface area contributed by atoms with Crippen LogP contribution in [0.4, 0.5) is 51.2 Å². The minimum absolute atomic E-state index is 1.09. The van der Waals surface area contributed by atoms with Crippen LogP contribution in [0.25, 0.3) is 33.0 Å². The van der Waals surface area contributed by atoms with Gasteiger partial charge in [0.25, 0.3) is 0 Å². The molecule has 0 unspecified atom stereocenters. The zero-order valence-corrected chi connectivity index (χ0v) is 33.7. The number of anilines is 9. The predicted molar refractivity (Wildman–Crippen MR) is 259 cm³/mol. The average molecular weight is 782 g/mol. The van der Waals surface area contributed by atoms with E-state index in [4.69, 9.17) is 0 Å². The molecule has 0 aliphatic heterocycles. The van der Waals surface area contributed by atoms with Crippen LogP contribution in [0.15, 0.2) is 261 Å². The largest absolute Gasteiger partial charge is 0.311 e. The van der Waals surface area contributed by atoms with E-state index in [1.54, 1.807) is 0 Å². The lowest BCUT2D eigenvalue weighted by Crippen LogP contribution is -2.13. The Kier molecular flexibility index (Phi) is 10.3. The van der Waals surface area contributed by atoms with Gasteiger partial charge in [0.05, 0.1) is 11.4 Å². The van der Waals surface area contributed by atoms with E-state index >= 15 is 0 Å². The van der Waals surface area contributed by atoms with Crippen molar-refractivity contribution < 1.29 is 0 Å². The summed E-state index contributed by atoms with van der Waals surface area (Å²) in [6, 6.07) is 93.1. The van der Waals surface area contributed by atoms with Crippen LogP contribution in [0.1, 0.15) is 0 Å². The molecule has 0 spiro atoms. The maximum absolute atomic E-state index is 2.43. The fraction of sp³-hybridized carbons (Fsp3) is 0. The molecule has 0 N–H and O–H groups in total. The zero-order chi connectivity index (χ0) is 40.8. The number of benzene rings is 10. The number of para-hydroxylation sites is 6. The summed E-state index contributed by atoms with van der Waals surface area (Å²) in [4.78, 5) is 7.04. The molecule has 0 bridgehead atoms. The molecule has 0 atom stereocenters. The molecule has 10 rings (SSSR count). The highest BCUT2D eigenvalue weighted by Crippen LogP contribution is 2.46. The standard InChI is InChI=1S/C58H43N3/c1-5-21-48(22-6-1)59(49-23-7-2-8-24-49)52-38-34-45(35-39-52)55-29-15-17-31-57(55)61(54-42-33-44-19-13-14-20-47(44)43-54)58-32-18-16-30-56(58)46-36-40-53(41-37-46)60(50-25-9-3-10-26-50)51-27-11-4-12-28-51/h1-43H. The molecule has 10 aromatic rings. The maximum atomic E-state index is 2.43. The third kappa shape index (κ3) is 7.65. The first kappa shape index (κ1) is 37.2.